The lowest BCUT2D eigenvalue weighted by molar-refractivity contribution is -0.00155. The molecule has 0 radical (unpaired) electrons. The Morgan fingerprint density at radius 1 is 1.50 bits per heavy atom. The molecule has 20 heavy (non-hydrogen) atoms. The van der Waals surface area contributed by atoms with Crippen LogP contribution in [0.5, 0.6) is 0 Å². The number of fused-ring (bicyclic) bond motifs is 1. The number of aromatic nitrogens is 2. The van der Waals surface area contributed by atoms with Crippen molar-refractivity contribution in [1.29, 1.82) is 0 Å². The zero-order valence-corrected chi connectivity index (χ0v) is 11.8. The molecular weight excluding hydrogens is 254 g/mol. The van der Waals surface area contributed by atoms with Gasteiger partial charge in [0.05, 0.1) is 17.8 Å². The summed E-state index contributed by atoms with van der Waals surface area (Å²) in [5.74, 6) is 0.564. The van der Waals surface area contributed by atoms with Crippen molar-refractivity contribution >= 4 is 16.8 Å². The summed E-state index contributed by atoms with van der Waals surface area (Å²) in [6, 6.07) is 5.65. The summed E-state index contributed by atoms with van der Waals surface area (Å²) in [7, 11) is 1.71. The monoisotopic (exact) mass is 273 g/mol. The number of rotatable bonds is 2. The molecule has 0 bridgehead atoms. The molecule has 2 atom stereocenters. The summed E-state index contributed by atoms with van der Waals surface area (Å²) in [5.41, 5.74) is 1.59. The number of piperidine rings is 1. The first-order valence-corrected chi connectivity index (χ1v) is 6.94. The van der Waals surface area contributed by atoms with Crippen LogP contribution in [0, 0.1) is 5.92 Å². The van der Waals surface area contributed by atoms with Gasteiger partial charge >= 0.3 is 0 Å². The summed E-state index contributed by atoms with van der Waals surface area (Å²) in [6.45, 7) is 3.63. The molecule has 2 heterocycles. The van der Waals surface area contributed by atoms with Crippen molar-refractivity contribution in [2.75, 3.05) is 20.2 Å². The number of methoxy groups -OCH3 is 1. The predicted octanol–water partition coefficient (Wildman–Crippen LogP) is 2.06. The van der Waals surface area contributed by atoms with E-state index in [1.165, 1.54) is 0 Å². The van der Waals surface area contributed by atoms with Gasteiger partial charge in [-0.1, -0.05) is 13.0 Å². The Kier molecular flexibility index (Phi) is 3.44. The van der Waals surface area contributed by atoms with E-state index in [2.05, 4.69) is 17.1 Å². The van der Waals surface area contributed by atoms with Crippen molar-refractivity contribution in [3.63, 3.8) is 0 Å². The number of amides is 1. The average Bonchev–Trinajstić information content (AvgIpc) is 2.94. The third kappa shape index (κ3) is 2.29. The second kappa shape index (κ2) is 5.25. The number of carbonyl (C=O) groups excluding carboxylic acids is 1. The number of hydrogen-bond acceptors (Lipinski definition) is 3. The molecule has 1 N–H and O–H groups in total. The Morgan fingerprint density at radius 3 is 3.15 bits per heavy atom. The Morgan fingerprint density at radius 2 is 2.35 bits per heavy atom. The van der Waals surface area contributed by atoms with Gasteiger partial charge in [-0.2, -0.15) is 5.10 Å². The van der Waals surface area contributed by atoms with Crippen molar-refractivity contribution < 1.29 is 9.53 Å². The number of hydrogen-bond donors (Lipinski definition) is 1. The van der Waals surface area contributed by atoms with Gasteiger partial charge in [0.1, 0.15) is 0 Å². The summed E-state index contributed by atoms with van der Waals surface area (Å²) < 4.78 is 5.47. The molecule has 1 amide bonds. The molecule has 2 aromatic rings. The first-order chi connectivity index (χ1) is 9.69. The number of nitrogens with one attached hydrogen (secondary N) is 1. The van der Waals surface area contributed by atoms with E-state index in [4.69, 9.17) is 4.74 Å². The maximum atomic E-state index is 12.6. The molecule has 3 rings (SSSR count). The second-order valence-corrected chi connectivity index (χ2v) is 5.46. The fourth-order valence-corrected chi connectivity index (χ4v) is 2.78. The van der Waals surface area contributed by atoms with E-state index in [1.807, 2.05) is 23.1 Å². The van der Waals surface area contributed by atoms with Crippen LogP contribution in [0.15, 0.2) is 24.4 Å². The molecule has 0 spiro atoms. The van der Waals surface area contributed by atoms with Crippen molar-refractivity contribution in [3.8, 4) is 0 Å². The third-order valence-corrected chi connectivity index (χ3v) is 4.17. The molecule has 1 saturated heterocycles. The molecule has 1 aromatic carbocycles. The molecule has 0 saturated carbocycles. The van der Waals surface area contributed by atoms with Crippen molar-refractivity contribution in [1.82, 2.24) is 15.1 Å². The Labute approximate surface area is 117 Å². The summed E-state index contributed by atoms with van der Waals surface area (Å²) in [4.78, 5) is 14.5. The zero-order chi connectivity index (χ0) is 14.1. The van der Waals surface area contributed by atoms with Gasteiger partial charge in [0.2, 0.25) is 0 Å². The minimum Gasteiger partial charge on any atom is -0.379 e. The molecule has 106 valence electrons. The topological polar surface area (TPSA) is 58.2 Å². The lowest BCUT2D eigenvalue weighted by Crippen LogP contribution is -2.46. The number of H-pyrrole nitrogens is 1. The van der Waals surface area contributed by atoms with Gasteiger partial charge in [0.15, 0.2) is 0 Å². The fourth-order valence-electron chi connectivity index (χ4n) is 2.78. The van der Waals surface area contributed by atoms with Crippen LogP contribution in [0.1, 0.15) is 23.7 Å². The van der Waals surface area contributed by atoms with Gasteiger partial charge in [-0.3, -0.25) is 9.89 Å². The first kappa shape index (κ1) is 13.1. The Hall–Kier alpha value is -1.88. The quantitative estimate of drug-likeness (QED) is 0.911. The van der Waals surface area contributed by atoms with Gasteiger partial charge in [0.25, 0.3) is 5.91 Å². The highest BCUT2D eigenvalue weighted by atomic mass is 16.5. The van der Waals surface area contributed by atoms with E-state index in [9.17, 15) is 4.79 Å². The second-order valence-electron chi connectivity index (χ2n) is 5.46. The average molecular weight is 273 g/mol. The molecule has 5 nitrogen and oxygen atoms in total. The number of carbonyl (C=O) groups is 1. The van der Waals surface area contributed by atoms with Gasteiger partial charge in [-0.15, -0.1) is 0 Å². The maximum Gasteiger partial charge on any atom is 0.254 e. The van der Waals surface area contributed by atoms with Crippen molar-refractivity contribution in [2.24, 2.45) is 5.92 Å². The number of aromatic amines is 1. The molecule has 1 aliphatic heterocycles. The maximum absolute atomic E-state index is 12.6. The Bertz CT molecular complexity index is 622. The van der Waals surface area contributed by atoms with Gasteiger partial charge in [-0.25, -0.2) is 0 Å². The lowest BCUT2D eigenvalue weighted by Gasteiger charge is -2.36. The van der Waals surface area contributed by atoms with Crippen LogP contribution >= 0.6 is 0 Å². The van der Waals surface area contributed by atoms with Gasteiger partial charge < -0.3 is 9.64 Å². The van der Waals surface area contributed by atoms with Crippen LogP contribution in [0.25, 0.3) is 10.9 Å². The highest BCUT2D eigenvalue weighted by molar-refractivity contribution is 5.97. The molecular formula is C15H19N3O2. The minimum atomic E-state index is 0.0652. The van der Waals surface area contributed by atoms with E-state index in [0.717, 1.165) is 23.9 Å². The number of ether oxygens (including phenoxy) is 1. The fraction of sp³-hybridized carbons (Fsp3) is 0.467. The van der Waals surface area contributed by atoms with E-state index >= 15 is 0 Å². The van der Waals surface area contributed by atoms with E-state index in [-0.39, 0.29) is 12.0 Å². The van der Waals surface area contributed by atoms with Crippen LogP contribution in [-0.2, 0) is 4.74 Å². The van der Waals surface area contributed by atoms with Crippen LogP contribution in [0.3, 0.4) is 0 Å². The lowest BCUT2D eigenvalue weighted by atomic mass is 9.95. The molecule has 1 fully saturated rings. The van der Waals surface area contributed by atoms with E-state index in [1.54, 1.807) is 13.3 Å². The van der Waals surface area contributed by atoms with Crippen LogP contribution in [0.4, 0.5) is 0 Å². The molecule has 2 unspecified atom stereocenters. The number of likely N-dealkylation sites (tertiary alicyclic amines) is 1. The molecule has 1 aliphatic rings. The standard InChI is InChI=1S/C15H19N3O2/c1-10-5-6-18(9-14(10)20-2)15(19)11-3-4-12-8-16-17-13(12)7-11/h3-4,7-8,10,14H,5-6,9H2,1-2H3,(H,16,17). The predicted molar refractivity (Wildman–Crippen MR) is 76.6 cm³/mol. The SMILES string of the molecule is COC1CN(C(=O)c2ccc3cn[nH]c3c2)CCC1C. The molecule has 0 aliphatic carbocycles. The highest BCUT2D eigenvalue weighted by Gasteiger charge is 2.29. The van der Waals surface area contributed by atoms with Crippen LogP contribution in [-0.4, -0.2) is 47.3 Å². The normalized spacial score (nSPS) is 23.2. The van der Waals surface area contributed by atoms with Gasteiger partial charge in [-0.05, 0) is 24.5 Å². The zero-order valence-electron chi connectivity index (χ0n) is 11.8. The smallest absolute Gasteiger partial charge is 0.254 e. The summed E-state index contributed by atoms with van der Waals surface area (Å²) in [6.07, 6.45) is 2.87. The third-order valence-electron chi connectivity index (χ3n) is 4.17. The van der Waals surface area contributed by atoms with E-state index < -0.39 is 0 Å². The number of benzene rings is 1. The molecule has 1 aromatic heterocycles. The largest absolute Gasteiger partial charge is 0.379 e. The van der Waals surface area contributed by atoms with Gasteiger partial charge in [0, 0.05) is 31.1 Å². The number of nitrogens with zero attached hydrogens (tertiary/aromatic N) is 2. The van der Waals surface area contributed by atoms with E-state index in [0.29, 0.717) is 18.0 Å². The highest BCUT2D eigenvalue weighted by Crippen LogP contribution is 2.22. The minimum absolute atomic E-state index is 0.0652. The summed E-state index contributed by atoms with van der Waals surface area (Å²) >= 11 is 0. The molecule has 5 heteroatoms. The van der Waals surface area contributed by atoms with Crippen molar-refractivity contribution in [2.45, 2.75) is 19.4 Å². The first-order valence-electron chi connectivity index (χ1n) is 6.94. The van der Waals surface area contributed by atoms with Crippen LogP contribution in [0.2, 0.25) is 0 Å². The summed E-state index contributed by atoms with van der Waals surface area (Å²) in [5, 5.41) is 7.90. The van der Waals surface area contributed by atoms with Crippen LogP contribution < -0.4 is 0 Å². The van der Waals surface area contributed by atoms with Crippen molar-refractivity contribution in [3.05, 3.63) is 30.0 Å². The Balaban J connectivity index is 1.81.